The van der Waals surface area contributed by atoms with Crippen LogP contribution in [0.15, 0.2) is 46.9 Å². The van der Waals surface area contributed by atoms with Crippen LogP contribution in [0.4, 0.5) is 0 Å². The predicted octanol–water partition coefficient (Wildman–Crippen LogP) is 3.50. The average Bonchev–Trinajstić information content (AvgIpc) is 2.82. The number of fused-ring (bicyclic) bond motifs is 1. The zero-order valence-corrected chi connectivity index (χ0v) is 10.3. The van der Waals surface area contributed by atoms with Gasteiger partial charge in [-0.1, -0.05) is 17.7 Å². The van der Waals surface area contributed by atoms with E-state index in [9.17, 15) is 4.79 Å². The van der Waals surface area contributed by atoms with E-state index in [1.54, 1.807) is 6.07 Å². The Hall–Kier alpha value is -2.62. The molecule has 2 aromatic carbocycles. The molecule has 0 fully saturated rings. The molecule has 94 valence electrons. The largest absolute Gasteiger partial charge is 0.478 e. The molecule has 3 rings (SSSR count). The summed E-state index contributed by atoms with van der Waals surface area (Å²) in [4.78, 5) is 15.3. The summed E-state index contributed by atoms with van der Waals surface area (Å²) in [6, 6.07) is 12.5. The summed E-state index contributed by atoms with van der Waals surface area (Å²) in [6.07, 6.45) is 0. The van der Waals surface area contributed by atoms with Crippen LogP contribution in [0.2, 0.25) is 0 Å². The Balaban J connectivity index is 2.11. The summed E-state index contributed by atoms with van der Waals surface area (Å²) >= 11 is 0. The van der Waals surface area contributed by atoms with E-state index in [0.29, 0.717) is 17.0 Å². The van der Waals surface area contributed by atoms with Crippen LogP contribution < -0.4 is 0 Å². The smallest absolute Gasteiger partial charge is 0.335 e. The molecular formula is C15H11NO3. The number of rotatable bonds is 2. The summed E-state index contributed by atoms with van der Waals surface area (Å²) in [5.41, 5.74) is 3.36. The van der Waals surface area contributed by atoms with Gasteiger partial charge in [0, 0.05) is 5.56 Å². The standard InChI is InChI=1S/C15H11NO3/c1-9-2-4-10(5-3-9)14-16-12-7-6-11(15(17)18)8-13(12)19-14/h2-8H,1H3,(H,17,18). The minimum absolute atomic E-state index is 0.194. The van der Waals surface area contributed by atoms with Crippen LogP contribution in [0, 0.1) is 6.92 Å². The maximum atomic E-state index is 10.9. The summed E-state index contributed by atoms with van der Waals surface area (Å²) in [7, 11) is 0. The first kappa shape index (κ1) is 11.5. The maximum absolute atomic E-state index is 10.9. The highest BCUT2D eigenvalue weighted by Crippen LogP contribution is 2.25. The highest BCUT2D eigenvalue weighted by molar-refractivity contribution is 5.92. The number of benzene rings is 2. The van der Waals surface area contributed by atoms with Gasteiger partial charge in [-0.25, -0.2) is 9.78 Å². The average molecular weight is 253 g/mol. The molecule has 0 saturated heterocycles. The molecule has 0 aliphatic heterocycles. The fourth-order valence-electron chi connectivity index (χ4n) is 1.88. The summed E-state index contributed by atoms with van der Waals surface area (Å²) in [5.74, 6) is -0.479. The van der Waals surface area contributed by atoms with Crippen LogP contribution in [-0.2, 0) is 0 Å². The van der Waals surface area contributed by atoms with Crippen LogP contribution in [0.25, 0.3) is 22.6 Å². The molecule has 0 radical (unpaired) electrons. The molecule has 0 spiro atoms. The lowest BCUT2D eigenvalue weighted by Gasteiger charge is -1.95. The highest BCUT2D eigenvalue weighted by Gasteiger charge is 2.10. The Morgan fingerprint density at radius 3 is 2.58 bits per heavy atom. The highest BCUT2D eigenvalue weighted by atomic mass is 16.4. The Morgan fingerprint density at radius 1 is 1.16 bits per heavy atom. The molecule has 0 aliphatic carbocycles. The Kier molecular flexibility index (Phi) is 2.56. The third-order valence-corrected chi connectivity index (χ3v) is 2.93. The van der Waals surface area contributed by atoms with Crippen molar-refractivity contribution in [3.8, 4) is 11.5 Å². The number of carbonyl (C=O) groups is 1. The van der Waals surface area contributed by atoms with Crippen molar-refractivity contribution in [1.82, 2.24) is 4.98 Å². The third kappa shape index (κ3) is 2.08. The molecule has 4 nitrogen and oxygen atoms in total. The van der Waals surface area contributed by atoms with E-state index in [1.165, 1.54) is 12.1 Å². The van der Waals surface area contributed by atoms with E-state index in [1.807, 2.05) is 31.2 Å². The maximum Gasteiger partial charge on any atom is 0.335 e. The van der Waals surface area contributed by atoms with Crippen LogP contribution >= 0.6 is 0 Å². The van der Waals surface area contributed by atoms with E-state index in [4.69, 9.17) is 9.52 Å². The summed E-state index contributed by atoms with van der Waals surface area (Å²) < 4.78 is 5.61. The summed E-state index contributed by atoms with van der Waals surface area (Å²) in [6.45, 7) is 2.01. The van der Waals surface area contributed by atoms with Gasteiger partial charge in [0.2, 0.25) is 5.89 Å². The number of carboxylic acid groups (broad SMARTS) is 1. The quantitative estimate of drug-likeness (QED) is 0.759. The molecule has 3 aromatic rings. The predicted molar refractivity (Wildman–Crippen MR) is 71.1 cm³/mol. The van der Waals surface area contributed by atoms with Crippen molar-refractivity contribution in [1.29, 1.82) is 0 Å². The fourth-order valence-corrected chi connectivity index (χ4v) is 1.88. The lowest BCUT2D eigenvalue weighted by atomic mass is 10.1. The van der Waals surface area contributed by atoms with E-state index < -0.39 is 5.97 Å². The molecule has 0 bridgehead atoms. The van der Waals surface area contributed by atoms with Crippen molar-refractivity contribution in [2.75, 3.05) is 0 Å². The normalized spacial score (nSPS) is 10.8. The third-order valence-electron chi connectivity index (χ3n) is 2.93. The first-order chi connectivity index (χ1) is 9.13. The molecular weight excluding hydrogens is 242 g/mol. The molecule has 4 heteroatoms. The van der Waals surface area contributed by atoms with Gasteiger partial charge in [0.25, 0.3) is 0 Å². The van der Waals surface area contributed by atoms with Crippen molar-refractivity contribution in [2.45, 2.75) is 6.92 Å². The van der Waals surface area contributed by atoms with Crippen LogP contribution in [0.3, 0.4) is 0 Å². The fraction of sp³-hybridized carbons (Fsp3) is 0.0667. The van der Waals surface area contributed by atoms with E-state index in [0.717, 1.165) is 11.1 Å². The number of nitrogens with zero attached hydrogens (tertiary/aromatic N) is 1. The Labute approximate surface area is 109 Å². The molecule has 1 aromatic heterocycles. The van der Waals surface area contributed by atoms with Gasteiger partial charge in [-0.05, 0) is 37.3 Å². The molecule has 0 unspecified atom stereocenters. The second-order valence-electron chi connectivity index (χ2n) is 4.37. The van der Waals surface area contributed by atoms with Crippen molar-refractivity contribution in [3.63, 3.8) is 0 Å². The molecule has 0 amide bonds. The van der Waals surface area contributed by atoms with Gasteiger partial charge in [0.15, 0.2) is 5.58 Å². The van der Waals surface area contributed by atoms with Gasteiger partial charge in [-0.15, -0.1) is 0 Å². The number of aromatic nitrogens is 1. The lowest BCUT2D eigenvalue weighted by Crippen LogP contribution is -1.94. The number of oxazole rings is 1. The Bertz CT molecular complexity index is 757. The summed E-state index contributed by atoms with van der Waals surface area (Å²) in [5, 5.41) is 8.94. The molecule has 0 saturated carbocycles. The van der Waals surface area contributed by atoms with Crippen molar-refractivity contribution < 1.29 is 14.3 Å². The van der Waals surface area contributed by atoms with Gasteiger partial charge in [0.1, 0.15) is 5.52 Å². The van der Waals surface area contributed by atoms with Crippen LogP contribution in [0.5, 0.6) is 0 Å². The number of aromatic carboxylic acids is 1. The molecule has 1 N–H and O–H groups in total. The van der Waals surface area contributed by atoms with Crippen molar-refractivity contribution in [2.24, 2.45) is 0 Å². The SMILES string of the molecule is Cc1ccc(-c2nc3ccc(C(=O)O)cc3o2)cc1. The first-order valence-corrected chi connectivity index (χ1v) is 5.84. The minimum atomic E-state index is -0.977. The van der Waals surface area contributed by atoms with Crippen molar-refractivity contribution in [3.05, 3.63) is 53.6 Å². The van der Waals surface area contributed by atoms with Gasteiger partial charge in [-0.3, -0.25) is 0 Å². The van der Waals surface area contributed by atoms with E-state index in [-0.39, 0.29) is 5.56 Å². The van der Waals surface area contributed by atoms with Crippen LogP contribution in [-0.4, -0.2) is 16.1 Å². The zero-order chi connectivity index (χ0) is 13.4. The number of hydrogen-bond donors (Lipinski definition) is 1. The molecule has 19 heavy (non-hydrogen) atoms. The zero-order valence-electron chi connectivity index (χ0n) is 10.3. The number of hydrogen-bond acceptors (Lipinski definition) is 3. The van der Waals surface area contributed by atoms with E-state index >= 15 is 0 Å². The monoisotopic (exact) mass is 253 g/mol. The second kappa shape index (κ2) is 4.24. The van der Waals surface area contributed by atoms with Crippen molar-refractivity contribution >= 4 is 17.1 Å². The molecule has 0 atom stereocenters. The second-order valence-corrected chi connectivity index (χ2v) is 4.37. The molecule has 0 aliphatic rings. The van der Waals surface area contributed by atoms with Gasteiger partial charge in [-0.2, -0.15) is 0 Å². The Morgan fingerprint density at radius 2 is 1.89 bits per heavy atom. The van der Waals surface area contributed by atoms with E-state index in [2.05, 4.69) is 4.98 Å². The van der Waals surface area contributed by atoms with Crippen LogP contribution in [0.1, 0.15) is 15.9 Å². The molecule has 1 heterocycles. The number of carboxylic acids is 1. The minimum Gasteiger partial charge on any atom is -0.478 e. The number of aryl methyl sites for hydroxylation is 1. The van der Waals surface area contributed by atoms with Gasteiger partial charge < -0.3 is 9.52 Å². The topological polar surface area (TPSA) is 63.3 Å². The lowest BCUT2D eigenvalue weighted by molar-refractivity contribution is 0.0697. The first-order valence-electron chi connectivity index (χ1n) is 5.84. The van der Waals surface area contributed by atoms with Gasteiger partial charge in [0.05, 0.1) is 5.56 Å². The van der Waals surface area contributed by atoms with Gasteiger partial charge >= 0.3 is 5.97 Å².